The van der Waals surface area contributed by atoms with Gasteiger partial charge in [-0.25, -0.2) is 0 Å². The number of rotatable bonds is 6. The molecule has 0 bridgehead atoms. The highest BCUT2D eigenvalue weighted by Crippen LogP contribution is 2.28. The SMILES string of the molecule is CCC(C)C(CC(N)=O)C(C)CC. The first-order valence-corrected chi connectivity index (χ1v) is 5.31. The van der Waals surface area contributed by atoms with Gasteiger partial charge in [0, 0.05) is 6.42 Å². The lowest BCUT2D eigenvalue weighted by atomic mass is 9.78. The molecule has 2 unspecified atom stereocenters. The molecule has 2 N–H and O–H groups in total. The van der Waals surface area contributed by atoms with E-state index in [4.69, 9.17) is 5.73 Å². The van der Waals surface area contributed by atoms with E-state index < -0.39 is 0 Å². The van der Waals surface area contributed by atoms with E-state index in [1.165, 1.54) is 0 Å². The van der Waals surface area contributed by atoms with Gasteiger partial charge in [-0.2, -0.15) is 0 Å². The maximum absolute atomic E-state index is 10.9. The molecule has 0 aromatic rings. The minimum atomic E-state index is -0.161. The van der Waals surface area contributed by atoms with Crippen LogP contribution in [0.3, 0.4) is 0 Å². The molecular formula is C11H23NO. The fraction of sp³-hybridized carbons (Fsp3) is 0.909. The average molecular weight is 185 g/mol. The van der Waals surface area contributed by atoms with Crippen molar-refractivity contribution in [1.82, 2.24) is 0 Å². The van der Waals surface area contributed by atoms with Crippen LogP contribution in [0.25, 0.3) is 0 Å². The Morgan fingerprint density at radius 2 is 1.54 bits per heavy atom. The van der Waals surface area contributed by atoms with Gasteiger partial charge in [-0.05, 0) is 17.8 Å². The molecule has 0 aromatic carbocycles. The minimum absolute atomic E-state index is 0.161. The van der Waals surface area contributed by atoms with Crippen LogP contribution in [-0.2, 0) is 4.79 Å². The smallest absolute Gasteiger partial charge is 0.217 e. The summed E-state index contributed by atoms with van der Waals surface area (Å²) in [6.07, 6.45) is 2.80. The van der Waals surface area contributed by atoms with E-state index in [2.05, 4.69) is 27.7 Å². The Morgan fingerprint density at radius 1 is 1.15 bits per heavy atom. The van der Waals surface area contributed by atoms with Crippen LogP contribution in [0.4, 0.5) is 0 Å². The Hall–Kier alpha value is -0.530. The van der Waals surface area contributed by atoms with Crippen molar-refractivity contribution in [2.45, 2.75) is 47.0 Å². The quantitative estimate of drug-likeness (QED) is 0.679. The molecule has 2 heteroatoms. The standard InChI is InChI=1S/C11H23NO/c1-5-8(3)10(7-11(12)13)9(4)6-2/h8-10H,5-7H2,1-4H3,(H2,12,13). The van der Waals surface area contributed by atoms with Crippen molar-refractivity contribution in [2.24, 2.45) is 23.5 Å². The zero-order valence-corrected chi connectivity index (χ0v) is 9.34. The molecule has 0 aliphatic heterocycles. The number of primary amides is 1. The predicted molar refractivity (Wildman–Crippen MR) is 56.2 cm³/mol. The molecular weight excluding hydrogens is 162 g/mol. The third-order valence-electron chi connectivity index (χ3n) is 3.19. The van der Waals surface area contributed by atoms with Crippen molar-refractivity contribution in [1.29, 1.82) is 0 Å². The van der Waals surface area contributed by atoms with Crippen molar-refractivity contribution in [3.63, 3.8) is 0 Å². The lowest BCUT2D eigenvalue weighted by molar-refractivity contribution is -0.119. The summed E-state index contributed by atoms with van der Waals surface area (Å²) in [6, 6.07) is 0. The normalized spacial score (nSPS) is 17.8. The van der Waals surface area contributed by atoms with Crippen molar-refractivity contribution in [3.05, 3.63) is 0 Å². The molecule has 2 nitrogen and oxygen atoms in total. The molecule has 0 aromatic heterocycles. The summed E-state index contributed by atoms with van der Waals surface area (Å²) in [7, 11) is 0. The second kappa shape index (κ2) is 6.01. The topological polar surface area (TPSA) is 43.1 Å². The summed E-state index contributed by atoms with van der Waals surface area (Å²) >= 11 is 0. The number of amides is 1. The molecule has 2 atom stereocenters. The zero-order valence-electron chi connectivity index (χ0n) is 9.34. The number of hydrogen-bond donors (Lipinski definition) is 1. The van der Waals surface area contributed by atoms with E-state index in [1.54, 1.807) is 0 Å². The van der Waals surface area contributed by atoms with Gasteiger partial charge >= 0.3 is 0 Å². The van der Waals surface area contributed by atoms with Crippen LogP contribution in [-0.4, -0.2) is 5.91 Å². The fourth-order valence-electron chi connectivity index (χ4n) is 1.80. The molecule has 0 heterocycles. The molecule has 13 heavy (non-hydrogen) atoms. The number of nitrogens with two attached hydrogens (primary N) is 1. The van der Waals surface area contributed by atoms with E-state index in [0.29, 0.717) is 24.2 Å². The minimum Gasteiger partial charge on any atom is -0.370 e. The largest absolute Gasteiger partial charge is 0.370 e. The van der Waals surface area contributed by atoms with Crippen molar-refractivity contribution >= 4 is 5.91 Å². The maximum Gasteiger partial charge on any atom is 0.217 e. The van der Waals surface area contributed by atoms with Gasteiger partial charge in [-0.1, -0.05) is 40.5 Å². The Balaban J connectivity index is 4.26. The highest BCUT2D eigenvalue weighted by Gasteiger charge is 2.22. The first kappa shape index (κ1) is 12.5. The summed E-state index contributed by atoms with van der Waals surface area (Å²) in [4.78, 5) is 10.9. The van der Waals surface area contributed by atoms with Crippen LogP contribution in [0.5, 0.6) is 0 Å². The van der Waals surface area contributed by atoms with Gasteiger partial charge in [0.25, 0.3) is 0 Å². The van der Waals surface area contributed by atoms with Gasteiger partial charge in [-0.15, -0.1) is 0 Å². The van der Waals surface area contributed by atoms with Gasteiger partial charge in [0.1, 0.15) is 0 Å². The molecule has 0 fully saturated rings. The molecule has 0 saturated carbocycles. The third kappa shape index (κ3) is 4.30. The van der Waals surface area contributed by atoms with Gasteiger partial charge in [0.2, 0.25) is 5.91 Å². The van der Waals surface area contributed by atoms with E-state index in [0.717, 1.165) is 12.8 Å². The molecule has 0 aliphatic rings. The van der Waals surface area contributed by atoms with Crippen LogP contribution in [0.1, 0.15) is 47.0 Å². The Kier molecular flexibility index (Phi) is 5.76. The second-order valence-electron chi connectivity index (χ2n) is 4.11. The van der Waals surface area contributed by atoms with E-state index in [9.17, 15) is 4.79 Å². The van der Waals surface area contributed by atoms with Gasteiger partial charge < -0.3 is 5.73 Å². The first-order chi connectivity index (χ1) is 6.02. The second-order valence-corrected chi connectivity index (χ2v) is 4.11. The van der Waals surface area contributed by atoms with Crippen molar-refractivity contribution in [2.75, 3.05) is 0 Å². The number of carbonyl (C=O) groups excluding carboxylic acids is 1. The molecule has 0 spiro atoms. The zero-order chi connectivity index (χ0) is 10.4. The Bertz CT molecular complexity index is 146. The Labute approximate surface area is 81.9 Å². The molecule has 0 saturated heterocycles. The molecule has 0 rings (SSSR count). The van der Waals surface area contributed by atoms with Crippen LogP contribution >= 0.6 is 0 Å². The predicted octanol–water partition coefficient (Wildman–Crippen LogP) is 2.57. The summed E-state index contributed by atoms with van der Waals surface area (Å²) < 4.78 is 0. The summed E-state index contributed by atoms with van der Waals surface area (Å²) in [5, 5.41) is 0. The molecule has 0 radical (unpaired) electrons. The highest BCUT2D eigenvalue weighted by molar-refractivity contribution is 5.74. The highest BCUT2D eigenvalue weighted by atomic mass is 16.1. The van der Waals surface area contributed by atoms with Gasteiger partial charge in [-0.3, -0.25) is 4.79 Å². The molecule has 0 aliphatic carbocycles. The van der Waals surface area contributed by atoms with Crippen molar-refractivity contribution in [3.8, 4) is 0 Å². The van der Waals surface area contributed by atoms with Crippen LogP contribution < -0.4 is 5.73 Å². The average Bonchev–Trinajstić information content (AvgIpc) is 2.11. The molecule has 78 valence electrons. The maximum atomic E-state index is 10.9. The van der Waals surface area contributed by atoms with Crippen LogP contribution in [0, 0.1) is 17.8 Å². The van der Waals surface area contributed by atoms with Crippen LogP contribution in [0.15, 0.2) is 0 Å². The molecule has 1 amide bonds. The lowest BCUT2D eigenvalue weighted by Gasteiger charge is -2.27. The first-order valence-electron chi connectivity index (χ1n) is 5.31. The number of hydrogen-bond acceptors (Lipinski definition) is 1. The summed E-state index contributed by atoms with van der Waals surface area (Å²) in [6.45, 7) is 8.75. The van der Waals surface area contributed by atoms with E-state index in [1.807, 2.05) is 0 Å². The third-order valence-corrected chi connectivity index (χ3v) is 3.19. The van der Waals surface area contributed by atoms with Gasteiger partial charge in [0.05, 0.1) is 0 Å². The lowest BCUT2D eigenvalue weighted by Crippen LogP contribution is -2.25. The Morgan fingerprint density at radius 3 is 1.77 bits per heavy atom. The van der Waals surface area contributed by atoms with E-state index >= 15 is 0 Å². The summed E-state index contributed by atoms with van der Waals surface area (Å²) in [5.74, 6) is 1.50. The fourth-order valence-corrected chi connectivity index (χ4v) is 1.80. The monoisotopic (exact) mass is 185 g/mol. The number of carbonyl (C=O) groups is 1. The van der Waals surface area contributed by atoms with Crippen LogP contribution in [0.2, 0.25) is 0 Å². The van der Waals surface area contributed by atoms with Gasteiger partial charge in [0.15, 0.2) is 0 Å². The summed E-state index contributed by atoms with van der Waals surface area (Å²) in [5.41, 5.74) is 5.24. The van der Waals surface area contributed by atoms with Crippen molar-refractivity contribution < 1.29 is 4.79 Å². The van der Waals surface area contributed by atoms with E-state index in [-0.39, 0.29) is 5.91 Å².